The number of hydrogen-bond acceptors (Lipinski definition) is 2. The zero-order valence-electron chi connectivity index (χ0n) is 6.56. The largest absolute Gasteiger partial charge is 0.330 e. The van der Waals surface area contributed by atoms with Crippen LogP contribution in [0.2, 0.25) is 5.15 Å². The highest BCUT2D eigenvalue weighted by Crippen LogP contribution is 2.14. The highest BCUT2D eigenvalue weighted by molar-refractivity contribution is 6.30. The highest BCUT2D eigenvalue weighted by atomic mass is 35.5. The zero-order valence-corrected chi connectivity index (χ0v) is 7.31. The van der Waals surface area contributed by atoms with E-state index in [1.54, 1.807) is 0 Å². The van der Waals surface area contributed by atoms with Crippen LogP contribution < -0.4 is 5.73 Å². The van der Waals surface area contributed by atoms with Crippen LogP contribution in [0, 0.1) is 5.82 Å². The molecule has 0 unspecified atom stereocenters. The van der Waals surface area contributed by atoms with E-state index in [1.807, 2.05) is 0 Å². The molecule has 1 aromatic heterocycles. The van der Waals surface area contributed by atoms with E-state index in [-0.39, 0.29) is 5.82 Å². The van der Waals surface area contributed by atoms with Gasteiger partial charge >= 0.3 is 0 Å². The van der Waals surface area contributed by atoms with Crippen molar-refractivity contribution in [3.05, 3.63) is 28.8 Å². The van der Waals surface area contributed by atoms with Crippen LogP contribution in [0.5, 0.6) is 0 Å². The Labute approximate surface area is 75.6 Å². The lowest BCUT2D eigenvalue weighted by Gasteiger charge is -2.01. The van der Waals surface area contributed by atoms with Gasteiger partial charge in [0.1, 0.15) is 11.0 Å². The SMILES string of the molecule is NCCCc1cc(F)cnc1Cl. The van der Waals surface area contributed by atoms with Crippen LogP contribution in [0.25, 0.3) is 0 Å². The normalized spacial score (nSPS) is 10.2. The average Bonchev–Trinajstić information content (AvgIpc) is 2.07. The fourth-order valence-corrected chi connectivity index (χ4v) is 1.13. The van der Waals surface area contributed by atoms with Crippen molar-refractivity contribution in [2.75, 3.05) is 6.54 Å². The standard InChI is InChI=1S/C8H10ClFN2/c9-8-6(2-1-3-11)4-7(10)5-12-8/h4-5H,1-3,11H2. The predicted molar refractivity (Wildman–Crippen MR) is 46.6 cm³/mol. The molecule has 0 bridgehead atoms. The van der Waals surface area contributed by atoms with Gasteiger partial charge in [-0.15, -0.1) is 0 Å². The molecule has 0 aliphatic carbocycles. The molecule has 1 rings (SSSR count). The lowest BCUT2D eigenvalue weighted by atomic mass is 10.1. The Hall–Kier alpha value is -0.670. The minimum Gasteiger partial charge on any atom is -0.330 e. The summed E-state index contributed by atoms with van der Waals surface area (Å²) in [7, 11) is 0. The van der Waals surface area contributed by atoms with Crippen molar-refractivity contribution in [3.63, 3.8) is 0 Å². The average molecular weight is 189 g/mol. The van der Waals surface area contributed by atoms with Gasteiger partial charge in [-0.2, -0.15) is 0 Å². The van der Waals surface area contributed by atoms with E-state index in [0.29, 0.717) is 18.1 Å². The Balaban J connectivity index is 2.75. The number of halogens is 2. The van der Waals surface area contributed by atoms with Crippen molar-refractivity contribution < 1.29 is 4.39 Å². The zero-order chi connectivity index (χ0) is 8.97. The van der Waals surface area contributed by atoms with Gasteiger partial charge in [0.05, 0.1) is 6.20 Å². The minimum atomic E-state index is -0.355. The van der Waals surface area contributed by atoms with Crippen LogP contribution in [0.1, 0.15) is 12.0 Å². The Morgan fingerprint density at radius 3 is 3.00 bits per heavy atom. The van der Waals surface area contributed by atoms with Gasteiger partial charge in [-0.1, -0.05) is 11.6 Å². The molecule has 0 radical (unpaired) electrons. The summed E-state index contributed by atoms with van der Waals surface area (Å²) in [4.78, 5) is 3.68. The molecule has 12 heavy (non-hydrogen) atoms. The van der Waals surface area contributed by atoms with E-state index in [0.717, 1.165) is 18.2 Å². The molecule has 1 aromatic rings. The third-order valence-electron chi connectivity index (χ3n) is 1.53. The third-order valence-corrected chi connectivity index (χ3v) is 1.87. The van der Waals surface area contributed by atoms with E-state index in [9.17, 15) is 4.39 Å². The number of nitrogens with zero attached hydrogens (tertiary/aromatic N) is 1. The Bertz CT molecular complexity index is 265. The molecular weight excluding hydrogens is 179 g/mol. The molecule has 0 atom stereocenters. The van der Waals surface area contributed by atoms with Gasteiger partial charge in [-0.25, -0.2) is 9.37 Å². The molecule has 0 saturated carbocycles. The molecule has 0 aliphatic rings. The summed E-state index contributed by atoms with van der Waals surface area (Å²) in [5.41, 5.74) is 6.03. The van der Waals surface area contributed by atoms with Crippen molar-refractivity contribution in [3.8, 4) is 0 Å². The first-order valence-electron chi connectivity index (χ1n) is 3.74. The maximum Gasteiger partial charge on any atom is 0.141 e. The summed E-state index contributed by atoms with van der Waals surface area (Å²) in [6, 6.07) is 1.39. The van der Waals surface area contributed by atoms with E-state index < -0.39 is 0 Å². The molecule has 0 amide bonds. The van der Waals surface area contributed by atoms with E-state index in [4.69, 9.17) is 17.3 Å². The Kier molecular flexibility index (Phi) is 3.44. The van der Waals surface area contributed by atoms with Crippen LogP contribution in [-0.4, -0.2) is 11.5 Å². The summed E-state index contributed by atoms with van der Waals surface area (Å²) in [6.07, 6.45) is 2.58. The second-order valence-corrected chi connectivity index (χ2v) is 2.85. The number of aryl methyl sites for hydroxylation is 1. The van der Waals surface area contributed by atoms with Crippen molar-refractivity contribution in [2.45, 2.75) is 12.8 Å². The van der Waals surface area contributed by atoms with Crippen molar-refractivity contribution >= 4 is 11.6 Å². The first kappa shape index (κ1) is 9.42. The molecule has 66 valence electrons. The molecule has 0 spiro atoms. The number of pyridine rings is 1. The molecule has 0 aliphatic heterocycles. The summed E-state index contributed by atoms with van der Waals surface area (Å²) in [5.74, 6) is -0.355. The molecule has 1 heterocycles. The number of aromatic nitrogens is 1. The van der Waals surface area contributed by atoms with Crippen LogP contribution in [0.4, 0.5) is 4.39 Å². The van der Waals surface area contributed by atoms with Crippen molar-refractivity contribution in [2.24, 2.45) is 5.73 Å². The van der Waals surface area contributed by atoms with E-state index >= 15 is 0 Å². The number of rotatable bonds is 3. The smallest absolute Gasteiger partial charge is 0.141 e. The summed E-state index contributed by atoms with van der Waals surface area (Å²) in [6.45, 7) is 0.576. The summed E-state index contributed by atoms with van der Waals surface area (Å²) >= 11 is 5.71. The second kappa shape index (κ2) is 4.38. The van der Waals surface area contributed by atoms with Gasteiger partial charge in [0.2, 0.25) is 0 Å². The molecular formula is C8H10ClFN2. The first-order chi connectivity index (χ1) is 5.74. The van der Waals surface area contributed by atoms with Crippen LogP contribution >= 0.6 is 11.6 Å². The van der Waals surface area contributed by atoms with Gasteiger partial charge in [-0.3, -0.25) is 0 Å². The third kappa shape index (κ3) is 2.43. The second-order valence-electron chi connectivity index (χ2n) is 2.50. The summed E-state index contributed by atoms with van der Waals surface area (Å²) in [5, 5.41) is 0.366. The summed E-state index contributed by atoms with van der Waals surface area (Å²) < 4.78 is 12.6. The molecule has 0 fully saturated rings. The minimum absolute atomic E-state index is 0.355. The van der Waals surface area contributed by atoms with Gasteiger partial charge < -0.3 is 5.73 Å². The van der Waals surface area contributed by atoms with E-state index in [2.05, 4.69) is 4.98 Å². The van der Waals surface area contributed by atoms with Crippen LogP contribution in [-0.2, 0) is 6.42 Å². The fraction of sp³-hybridized carbons (Fsp3) is 0.375. The van der Waals surface area contributed by atoms with Crippen molar-refractivity contribution in [1.29, 1.82) is 0 Å². The van der Waals surface area contributed by atoms with Crippen molar-refractivity contribution in [1.82, 2.24) is 4.98 Å². The number of hydrogen-bond donors (Lipinski definition) is 1. The predicted octanol–water partition coefficient (Wildman–Crippen LogP) is 1.77. The quantitative estimate of drug-likeness (QED) is 0.735. The molecule has 2 nitrogen and oxygen atoms in total. The maximum atomic E-state index is 12.6. The maximum absolute atomic E-state index is 12.6. The van der Waals surface area contributed by atoms with E-state index in [1.165, 1.54) is 6.07 Å². The topological polar surface area (TPSA) is 38.9 Å². The van der Waals surface area contributed by atoms with Gasteiger partial charge in [0.25, 0.3) is 0 Å². The van der Waals surface area contributed by atoms with Gasteiger partial charge in [0, 0.05) is 0 Å². The fourth-order valence-electron chi connectivity index (χ4n) is 0.932. The highest BCUT2D eigenvalue weighted by Gasteiger charge is 2.02. The molecule has 4 heteroatoms. The van der Waals surface area contributed by atoms with Gasteiger partial charge in [-0.05, 0) is 31.0 Å². The first-order valence-corrected chi connectivity index (χ1v) is 4.12. The Morgan fingerprint density at radius 1 is 1.58 bits per heavy atom. The lowest BCUT2D eigenvalue weighted by Crippen LogP contribution is -2.01. The van der Waals surface area contributed by atoms with Crippen LogP contribution in [0.3, 0.4) is 0 Å². The number of nitrogens with two attached hydrogens (primary N) is 1. The molecule has 2 N–H and O–H groups in total. The molecule has 0 aromatic carbocycles. The molecule has 0 saturated heterocycles. The monoisotopic (exact) mass is 188 g/mol. The Morgan fingerprint density at radius 2 is 2.33 bits per heavy atom. The van der Waals surface area contributed by atoms with Crippen LogP contribution in [0.15, 0.2) is 12.3 Å². The van der Waals surface area contributed by atoms with Gasteiger partial charge in [0.15, 0.2) is 0 Å². The lowest BCUT2D eigenvalue weighted by molar-refractivity contribution is 0.617.